The second-order valence-corrected chi connectivity index (χ2v) is 6.06. The Bertz CT molecular complexity index is 795. The predicted octanol–water partition coefficient (Wildman–Crippen LogP) is 3.34. The normalized spacial score (nSPS) is 12.3. The molecule has 1 unspecified atom stereocenters. The third kappa shape index (κ3) is 3.55. The van der Waals surface area contributed by atoms with E-state index in [9.17, 15) is 9.90 Å². The molecule has 3 rings (SSSR count). The van der Waals surface area contributed by atoms with Gasteiger partial charge in [-0.3, -0.25) is 0 Å². The summed E-state index contributed by atoms with van der Waals surface area (Å²) >= 11 is 1.51. The molecule has 0 aliphatic heterocycles. The predicted molar refractivity (Wildman–Crippen MR) is 90.5 cm³/mol. The number of carbonyl (C=O) groups is 1. The molecular weight excluding hydrogens is 312 g/mol. The molecular formula is C17H18N2O3S. The summed E-state index contributed by atoms with van der Waals surface area (Å²) in [7, 11) is 0. The van der Waals surface area contributed by atoms with E-state index in [0.717, 1.165) is 27.9 Å². The summed E-state index contributed by atoms with van der Waals surface area (Å²) < 4.78 is 5.74. The average Bonchev–Trinajstić information content (AvgIpc) is 3.20. The maximum atomic E-state index is 11.8. The second-order valence-electron chi connectivity index (χ2n) is 5.28. The first-order chi connectivity index (χ1) is 11.1. The van der Waals surface area contributed by atoms with Gasteiger partial charge in [0.25, 0.3) is 0 Å². The van der Waals surface area contributed by atoms with E-state index in [1.54, 1.807) is 0 Å². The largest absolute Gasteiger partial charge is 0.459 e. The number of hydrogen-bond donors (Lipinski definition) is 3. The van der Waals surface area contributed by atoms with E-state index in [1.807, 2.05) is 48.0 Å². The fourth-order valence-corrected chi connectivity index (χ4v) is 3.10. The van der Waals surface area contributed by atoms with Gasteiger partial charge in [-0.2, -0.15) is 11.3 Å². The summed E-state index contributed by atoms with van der Waals surface area (Å²) in [5.41, 5.74) is 2.65. The van der Waals surface area contributed by atoms with Crippen LogP contribution >= 0.6 is 11.3 Å². The summed E-state index contributed by atoms with van der Waals surface area (Å²) in [4.78, 5) is 11.8. The number of furan rings is 1. The molecule has 2 amide bonds. The fraction of sp³-hybridized carbons (Fsp3) is 0.235. The lowest BCUT2D eigenvalue weighted by atomic mass is 10.1. The molecule has 3 N–H and O–H groups in total. The van der Waals surface area contributed by atoms with Crippen molar-refractivity contribution in [2.24, 2.45) is 0 Å². The van der Waals surface area contributed by atoms with E-state index in [-0.39, 0.29) is 12.6 Å². The molecule has 0 bridgehead atoms. The number of aliphatic hydroxyl groups excluding tert-OH is 1. The molecule has 120 valence electrons. The van der Waals surface area contributed by atoms with Crippen LogP contribution in [0.3, 0.4) is 0 Å². The number of para-hydroxylation sites is 1. The number of benzene rings is 1. The van der Waals surface area contributed by atoms with Crippen molar-refractivity contribution < 1.29 is 14.3 Å². The lowest BCUT2D eigenvalue weighted by molar-refractivity contribution is 0.173. The van der Waals surface area contributed by atoms with Crippen molar-refractivity contribution in [2.45, 2.75) is 19.6 Å². The van der Waals surface area contributed by atoms with Gasteiger partial charge in [-0.25, -0.2) is 4.79 Å². The zero-order valence-corrected chi connectivity index (χ0v) is 13.5. The van der Waals surface area contributed by atoms with E-state index in [0.29, 0.717) is 6.54 Å². The van der Waals surface area contributed by atoms with E-state index in [1.165, 1.54) is 11.3 Å². The van der Waals surface area contributed by atoms with Gasteiger partial charge in [-0.05, 0) is 35.4 Å². The van der Waals surface area contributed by atoms with Crippen LogP contribution in [0.2, 0.25) is 0 Å². The fourth-order valence-electron chi connectivity index (χ4n) is 2.39. The third-order valence-corrected chi connectivity index (χ3v) is 4.44. The Morgan fingerprint density at radius 3 is 2.87 bits per heavy atom. The van der Waals surface area contributed by atoms with Gasteiger partial charge in [0.1, 0.15) is 11.3 Å². The first kappa shape index (κ1) is 15.6. The minimum absolute atomic E-state index is 0.168. The number of amides is 2. The summed E-state index contributed by atoms with van der Waals surface area (Å²) in [5, 5.41) is 20.1. The van der Waals surface area contributed by atoms with Crippen molar-refractivity contribution in [3.8, 4) is 0 Å². The van der Waals surface area contributed by atoms with Crippen LogP contribution in [0.1, 0.15) is 23.0 Å². The highest BCUT2D eigenvalue weighted by molar-refractivity contribution is 7.07. The smallest absolute Gasteiger partial charge is 0.315 e. The monoisotopic (exact) mass is 330 g/mol. The SMILES string of the molecule is Cc1c(CNC(=O)NCC(O)c2ccsc2)oc2ccccc12. The quantitative estimate of drug-likeness (QED) is 0.672. The van der Waals surface area contributed by atoms with Crippen LogP contribution in [-0.4, -0.2) is 17.7 Å². The Morgan fingerprint density at radius 1 is 1.30 bits per heavy atom. The van der Waals surface area contributed by atoms with Gasteiger partial charge in [-0.15, -0.1) is 0 Å². The van der Waals surface area contributed by atoms with Crippen molar-refractivity contribution in [1.29, 1.82) is 0 Å². The van der Waals surface area contributed by atoms with Crippen LogP contribution in [0.5, 0.6) is 0 Å². The Hall–Kier alpha value is -2.31. The molecule has 2 heterocycles. The highest BCUT2D eigenvalue weighted by atomic mass is 32.1. The van der Waals surface area contributed by atoms with E-state index in [4.69, 9.17) is 4.42 Å². The average molecular weight is 330 g/mol. The lowest BCUT2D eigenvalue weighted by Crippen LogP contribution is -2.37. The first-order valence-electron chi connectivity index (χ1n) is 7.34. The zero-order chi connectivity index (χ0) is 16.2. The van der Waals surface area contributed by atoms with Crippen molar-refractivity contribution in [3.63, 3.8) is 0 Å². The number of rotatable bonds is 5. The number of aryl methyl sites for hydroxylation is 1. The standard InChI is InChI=1S/C17H18N2O3S/c1-11-13-4-2-3-5-15(13)22-16(11)9-19-17(21)18-8-14(20)12-6-7-23-10-12/h2-7,10,14,20H,8-9H2,1H3,(H2,18,19,21). The van der Waals surface area contributed by atoms with Crippen LogP contribution in [0.25, 0.3) is 11.0 Å². The molecule has 0 fully saturated rings. The molecule has 1 aromatic carbocycles. The number of nitrogens with one attached hydrogen (secondary N) is 2. The zero-order valence-electron chi connectivity index (χ0n) is 12.7. The van der Waals surface area contributed by atoms with Crippen molar-refractivity contribution in [3.05, 3.63) is 58.0 Å². The molecule has 0 aliphatic rings. The second kappa shape index (κ2) is 6.85. The van der Waals surface area contributed by atoms with E-state index in [2.05, 4.69) is 10.6 Å². The minimum Gasteiger partial charge on any atom is -0.459 e. The number of hydrogen-bond acceptors (Lipinski definition) is 4. The van der Waals surface area contributed by atoms with E-state index >= 15 is 0 Å². The maximum absolute atomic E-state index is 11.8. The van der Waals surface area contributed by atoms with E-state index < -0.39 is 6.10 Å². The molecule has 3 aromatic rings. The summed E-state index contributed by atoms with van der Waals surface area (Å²) in [6, 6.07) is 9.28. The Labute approximate surface area is 137 Å². The summed E-state index contributed by atoms with van der Waals surface area (Å²) in [6.45, 7) is 2.45. The molecule has 5 nitrogen and oxygen atoms in total. The molecule has 0 saturated carbocycles. The molecule has 2 aromatic heterocycles. The van der Waals surface area contributed by atoms with Crippen LogP contribution in [-0.2, 0) is 6.54 Å². The van der Waals surface area contributed by atoms with Gasteiger partial charge in [-0.1, -0.05) is 18.2 Å². The highest BCUT2D eigenvalue weighted by Crippen LogP contribution is 2.24. The highest BCUT2D eigenvalue weighted by Gasteiger charge is 2.12. The summed E-state index contributed by atoms with van der Waals surface area (Å²) in [5.74, 6) is 0.736. The molecule has 0 saturated heterocycles. The van der Waals surface area contributed by atoms with Crippen LogP contribution < -0.4 is 10.6 Å². The number of fused-ring (bicyclic) bond motifs is 1. The van der Waals surface area contributed by atoms with Gasteiger partial charge in [0.2, 0.25) is 0 Å². The van der Waals surface area contributed by atoms with Gasteiger partial charge in [0, 0.05) is 17.5 Å². The maximum Gasteiger partial charge on any atom is 0.315 e. The van der Waals surface area contributed by atoms with Crippen LogP contribution in [0, 0.1) is 6.92 Å². The molecule has 0 aliphatic carbocycles. The molecule has 0 spiro atoms. The number of urea groups is 1. The van der Waals surface area contributed by atoms with Gasteiger partial charge in [0.15, 0.2) is 0 Å². The third-order valence-electron chi connectivity index (χ3n) is 3.74. The molecule has 1 atom stereocenters. The minimum atomic E-state index is -0.695. The Kier molecular flexibility index (Phi) is 4.64. The molecule has 23 heavy (non-hydrogen) atoms. The van der Waals surface area contributed by atoms with Crippen molar-refractivity contribution in [2.75, 3.05) is 6.54 Å². The Morgan fingerprint density at radius 2 is 2.13 bits per heavy atom. The van der Waals surface area contributed by atoms with Crippen molar-refractivity contribution in [1.82, 2.24) is 10.6 Å². The summed E-state index contributed by atoms with van der Waals surface area (Å²) in [6.07, 6.45) is -0.695. The van der Waals surface area contributed by atoms with Crippen LogP contribution in [0.15, 0.2) is 45.5 Å². The Balaban J connectivity index is 1.53. The number of carbonyl (C=O) groups excluding carboxylic acids is 1. The molecule has 0 radical (unpaired) electrons. The van der Waals surface area contributed by atoms with Gasteiger partial charge >= 0.3 is 6.03 Å². The van der Waals surface area contributed by atoms with Gasteiger partial charge in [0.05, 0.1) is 12.6 Å². The van der Waals surface area contributed by atoms with Gasteiger partial charge < -0.3 is 20.2 Å². The topological polar surface area (TPSA) is 74.5 Å². The van der Waals surface area contributed by atoms with Crippen LogP contribution in [0.4, 0.5) is 4.79 Å². The first-order valence-corrected chi connectivity index (χ1v) is 8.28. The number of thiophene rings is 1. The lowest BCUT2D eigenvalue weighted by Gasteiger charge is -2.11. The van der Waals surface area contributed by atoms with Crippen molar-refractivity contribution >= 4 is 28.3 Å². The molecule has 6 heteroatoms. The number of aliphatic hydroxyl groups is 1.